The highest BCUT2D eigenvalue weighted by Crippen LogP contribution is 2.27. The summed E-state index contributed by atoms with van der Waals surface area (Å²) < 4.78 is 22.1. The van der Waals surface area contributed by atoms with Crippen LogP contribution in [0.25, 0.3) is 0 Å². The minimum absolute atomic E-state index is 0.0646. The number of piperidine rings is 1. The molecule has 9 heteroatoms. The number of nitrogens with zero attached hydrogens (tertiary/aromatic N) is 3. The van der Waals surface area contributed by atoms with Gasteiger partial charge in [0.1, 0.15) is 5.75 Å². The number of halogens is 1. The molecule has 31 heavy (non-hydrogen) atoms. The summed E-state index contributed by atoms with van der Waals surface area (Å²) in [5, 5.41) is 4.60. The first kappa shape index (κ1) is 22.0. The Bertz CT molecular complexity index is 876. The SMILES string of the molecule is COc1ccc(Cl)cc1C(=O)N1CCC(OCCc2noc(C3CCOCC3)n2)CC1. The Morgan fingerprint density at radius 1 is 1.23 bits per heavy atom. The molecule has 1 amide bonds. The third-order valence-corrected chi connectivity index (χ3v) is 6.09. The fourth-order valence-electron chi connectivity index (χ4n) is 4.04. The highest BCUT2D eigenvalue weighted by Gasteiger charge is 2.26. The molecule has 2 aromatic rings. The molecule has 8 nitrogen and oxygen atoms in total. The van der Waals surface area contributed by atoms with Gasteiger partial charge in [-0.1, -0.05) is 16.8 Å². The van der Waals surface area contributed by atoms with Crippen molar-refractivity contribution in [1.82, 2.24) is 15.0 Å². The number of methoxy groups -OCH3 is 1. The van der Waals surface area contributed by atoms with Crippen LogP contribution in [0, 0.1) is 0 Å². The van der Waals surface area contributed by atoms with Gasteiger partial charge in [0.2, 0.25) is 5.89 Å². The Morgan fingerprint density at radius 3 is 2.74 bits per heavy atom. The van der Waals surface area contributed by atoms with E-state index in [4.69, 9.17) is 30.3 Å². The standard InChI is InChI=1S/C22H28ClN3O5/c1-28-19-3-2-16(23)14-18(19)22(27)26-9-4-17(5-10-26)30-13-8-20-24-21(31-25-20)15-6-11-29-12-7-15/h2-3,14-15,17H,4-13H2,1H3. The maximum Gasteiger partial charge on any atom is 0.257 e. The van der Waals surface area contributed by atoms with Gasteiger partial charge in [0.25, 0.3) is 5.91 Å². The third kappa shape index (κ3) is 5.56. The van der Waals surface area contributed by atoms with E-state index in [0.29, 0.717) is 60.1 Å². The van der Waals surface area contributed by atoms with Gasteiger partial charge in [-0.3, -0.25) is 4.79 Å². The predicted octanol–water partition coefficient (Wildman–Crippen LogP) is 3.49. The molecule has 2 saturated heterocycles. The summed E-state index contributed by atoms with van der Waals surface area (Å²) in [6, 6.07) is 5.09. The van der Waals surface area contributed by atoms with Gasteiger partial charge < -0.3 is 23.6 Å². The van der Waals surface area contributed by atoms with Gasteiger partial charge in [-0.25, -0.2) is 0 Å². The summed E-state index contributed by atoms with van der Waals surface area (Å²) in [5.74, 6) is 2.16. The quantitative estimate of drug-likeness (QED) is 0.639. The van der Waals surface area contributed by atoms with Gasteiger partial charge in [0, 0.05) is 43.7 Å². The Labute approximate surface area is 186 Å². The molecular weight excluding hydrogens is 422 g/mol. The van der Waals surface area contributed by atoms with Gasteiger partial charge in [-0.15, -0.1) is 0 Å². The first-order valence-electron chi connectivity index (χ1n) is 10.8. The van der Waals surface area contributed by atoms with Crippen LogP contribution >= 0.6 is 11.6 Å². The normalized spacial score (nSPS) is 18.3. The van der Waals surface area contributed by atoms with Gasteiger partial charge in [0.15, 0.2) is 5.82 Å². The minimum Gasteiger partial charge on any atom is -0.496 e. The topological polar surface area (TPSA) is 86.9 Å². The van der Waals surface area contributed by atoms with Gasteiger partial charge >= 0.3 is 0 Å². The van der Waals surface area contributed by atoms with Crippen LogP contribution in [-0.2, 0) is 15.9 Å². The average molecular weight is 450 g/mol. The summed E-state index contributed by atoms with van der Waals surface area (Å²) in [6.45, 7) is 3.30. The zero-order valence-electron chi connectivity index (χ0n) is 17.7. The van der Waals surface area contributed by atoms with E-state index in [1.807, 2.05) is 4.90 Å². The van der Waals surface area contributed by atoms with E-state index in [0.717, 1.165) is 38.9 Å². The smallest absolute Gasteiger partial charge is 0.257 e. The second-order valence-corrected chi connectivity index (χ2v) is 8.33. The number of likely N-dealkylation sites (tertiary alicyclic amines) is 1. The number of carbonyl (C=O) groups is 1. The fraction of sp³-hybridized carbons (Fsp3) is 0.591. The van der Waals surface area contributed by atoms with Crippen molar-refractivity contribution in [2.45, 2.75) is 44.1 Å². The number of aromatic nitrogens is 2. The third-order valence-electron chi connectivity index (χ3n) is 5.85. The minimum atomic E-state index is -0.0646. The van der Waals surface area contributed by atoms with Crippen LogP contribution in [0.15, 0.2) is 22.7 Å². The van der Waals surface area contributed by atoms with Gasteiger partial charge in [-0.05, 0) is 43.9 Å². The number of benzene rings is 1. The number of carbonyl (C=O) groups excluding carboxylic acids is 1. The highest BCUT2D eigenvalue weighted by molar-refractivity contribution is 6.31. The number of amides is 1. The molecule has 3 heterocycles. The fourth-order valence-corrected chi connectivity index (χ4v) is 4.21. The molecule has 1 aromatic carbocycles. The second kappa shape index (κ2) is 10.4. The van der Waals surface area contributed by atoms with Crippen LogP contribution < -0.4 is 4.74 Å². The number of rotatable bonds is 7. The largest absolute Gasteiger partial charge is 0.496 e. The van der Waals surface area contributed by atoms with E-state index in [-0.39, 0.29) is 12.0 Å². The van der Waals surface area contributed by atoms with Crippen LogP contribution in [-0.4, -0.2) is 67.1 Å². The first-order chi connectivity index (χ1) is 15.1. The lowest BCUT2D eigenvalue weighted by Gasteiger charge is -2.32. The molecular formula is C22H28ClN3O5. The maximum absolute atomic E-state index is 12.9. The zero-order valence-corrected chi connectivity index (χ0v) is 18.5. The molecule has 0 spiro atoms. The van der Waals surface area contributed by atoms with Gasteiger partial charge in [-0.2, -0.15) is 4.98 Å². The first-order valence-corrected chi connectivity index (χ1v) is 11.2. The Morgan fingerprint density at radius 2 is 2.00 bits per heavy atom. The Hall–Kier alpha value is -2.16. The highest BCUT2D eigenvalue weighted by atomic mass is 35.5. The van der Waals surface area contributed by atoms with Gasteiger partial charge in [0.05, 0.1) is 25.4 Å². The number of hydrogen-bond donors (Lipinski definition) is 0. The molecule has 1 aromatic heterocycles. The van der Waals surface area contributed by atoms with E-state index >= 15 is 0 Å². The van der Waals surface area contributed by atoms with E-state index in [1.165, 1.54) is 0 Å². The number of hydrogen-bond acceptors (Lipinski definition) is 7. The Kier molecular flexibility index (Phi) is 7.42. The van der Waals surface area contributed by atoms with Crippen molar-refractivity contribution in [3.05, 3.63) is 40.5 Å². The van der Waals surface area contributed by atoms with Crippen LogP contribution in [0.3, 0.4) is 0 Å². The molecule has 0 unspecified atom stereocenters. The monoisotopic (exact) mass is 449 g/mol. The van der Waals surface area contributed by atoms with Crippen molar-refractivity contribution in [1.29, 1.82) is 0 Å². The molecule has 0 bridgehead atoms. The van der Waals surface area contributed by atoms with E-state index in [1.54, 1.807) is 25.3 Å². The number of ether oxygens (including phenoxy) is 3. The van der Waals surface area contributed by atoms with Crippen LogP contribution in [0.4, 0.5) is 0 Å². The van der Waals surface area contributed by atoms with Crippen molar-refractivity contribution < 1.29 is 23.5 Å². The summed E-state index contributed by atoms with van der Waals surface area (Å²) in [6.07, 6.45) is 4.16. The summed E-state index contributed by atoms with van der Waals surface area (Å²) in [4.78, 5) is 19.2. The summed E-state index contributed by atoms with van der Waals surface area (Å²) in [5.41, 5.74) is 0.492. The van der Waals surface area contributed by atoms with Crippen LogP contribution in [0.1, 0.15) is 53.7 Å². The van der Waals surface area contributed by atoms with Crippen molar-refractivity contribution in [2.24, 2.45) is 0 Å². The molecule has 4 rings (SSSR count). The average Bonchev–Trinajstić information content (AvgIpc) is 3.28. The van der Waals surface area contributed by atoms with Crippen molar-refractivity contribution in [3.63, 3.8) is 0 Å². The maximum atomic E-state index is 12.9. The van der Waals surface area contributed by atoms with Crippen LogP contribution in [0.2, 0.25) is 5.02 Å². The summed E-state index contributed by atoms with van der Waals surface area (Å²) >= 11 is 6.06. The molecule has 0 saturated carbocycles. The second-order valence-electron chi connectivity index (χ2n) is 7.89. The van der Waals surface area contributed by atoms with E-state index in [2.05, 4.69) is 10.1 Å². The molecule has 0 atom stereocenters. The van der Waals surface area contributed by atoms with Crippen LogP contribution in [0.5, 0.6) is 5.75 Å². The lowest BCUT2D eigenvalue weighted by Crippen LogP contribution is -2.41. The molecule has 2 fully saturated rings. The van der Waals surface area contributed by atoms with E-state index in [9.17, 15) is 4.79 Å². The lowest BCUT2D eigenvalue weighted by atomic mass is 10.0. The molecule has 2 aliphatic heterocycles. The Balaban J connectivity index is 1.21. The molecule has 0 aliphatic carbocycles. The molecule has 0 radical (unpaired) electrons. The van der Waals surface area contributed by atoms with Crippen molar-refractivity contribution in [3.8, 4) is 5.75 Å². The van der Waals surface area contributed by atoms with E-state index < -0.39 is 0 Å². The molecule has 168 valence electrons. The molecule has 2 aliphatic rings. The van der Waals surface area contributed by atoms with Crippen molar-refractivity contribution in [2.75, 3.05) is 40.0 Å². The zero-order chi connectivity index (χ0) is 21.6. The van der Waals surface area contributed by atoms with Crippen molar-refractivity contribution >= 4 is 17.5 Å². The molecule has 0 N–H and O–H groups in total. The lowest BCUT2D eigenvalue weighted by molar-refractivity contribution is 0.00940. The summed E-state index contributed by atoms with van der Waals surface area (Å²) in [7, 11) is 1.55. The predicted molar refractivity (Wildman–Crippen MR) is 114 cm³/mol.